The van der Waals surface area contributed by atoms with Gasteiger partial charge < -0.3 is 1.43 Å². The number of benzene rings is 1. The van der Waals surface area contributed by atoms with E-state index in [1.807, 2.05) is 54.6 Å². The summed E-state index contributed by atoms with van der Waals surface area (Å²) in [6, 6.07) is 9.87. The smallest absolute Gasteiger partial charge is 0 e. The van der Waals surface area contributed by atoms with E-state index in [4.69, 9.17) is 0 Å². The van der Waals surface area contributed by atoms with E-state index < -0.39 is 0 Å². The van der Waals surface area contributed by atoms with Crippen LogP contribution in [-0.2, 0) is 25.8 Å². The zero-order valence-electron chi connectivity index (χ0n) is 11.5. The summed E-state index contributed by atoms with van der Waals surface area (Å²) < 4.78 is 0. The van der Waals surface area contributed by atoms with Crippen molar-refractivity contribution in [2.75, 3.05) is 0 Å². The molecule has 0 aromatic heterocycles. The maximum absolute atomic E-state index is 3.72. The molecule has 0 saturated carbocycles. The molecule has 0 heterocycles. The summed E-state index contributed by atoms with van der Waals surface area (Å²) in [7, 11) is 0. The first kappa shape index (κ1) is 16.9. The van der Waals surface area contributed by atoms with Crippen LogP contribution in [0.4, 0.5) is 0 Å². The maximum atomic E-state index is 3.72. The molecule has 0 fully saturated rings. The van der Waals surface area contributed by atoms with Crippen molar-refractivity contribution in [2.24, 2.45) is 0 Å². The van der Waals surface area contributed by atoms with Gasteiger partial charge >= 0.3 is 0 Å². The molecular weight excluding hydrogens is 383 g/mol. The molecule has 0 aliphatic heterocycles. The summed E-state index contributed by atoms with van der Waals surface area (Å²) in [5, 5.41) is 0. The average molecular weight is 401 g/mol. The van der Waals surface area contributed by atoms with Crippen LogP contribution in [0.2, 0.25) is 0 Å². The molecule has 2 aliphatic rings. The minimum Gasteiger partial charge on any atom is -1.00 e. The van der Waals surface area contributed by atoms with Crippen molar-refractivity contribution in [1.29, 1.82) is 0 Å². The van der Waals surface area contributed by atoms with Crippen LogP contribution < -0.4 is 0 Å². The third-order valence-electron chi connectivity index (χ3n) is 2.01. The van der Waals surface area contributed by atoms with E-state index in [0.717, 1.165) is 18.4 Å². The second-order valence-corrected chi connectivity index (χ2v) is 3.49. The first-order valence-corrected chi connectivity index (χ1v) is 5.70. The largest absolute Gasteiger partial charge is 1.00 e. The van der Waals surface area contributed by atoms with Crippen LogP contribution in [0.25, 0.3) is 0 Å². The second-order valence-electron chi connectivity index (χ2n) is 3.49. The molecule has 0 nitrogen and oxygen atoms in total. The zero-order chi connectivity index (χ0) is 12.2. The van der Waals surface area contributed by atoms with Crippen LogP contribution in [-0.4, -0.2) is 0 Å². The average Bonchev–Trinajstić information content (AvgIpc) is 3.09. The molecule has 1 aromatic rings. The van der Waals surface area contributed by atoms with Gasteiger partial charge in [0.05, 0.1) is 0 Å². The van der Waals surface area contributed by atoms with E-state index in [0.29, 0.717) is 0 Å². The quantitative estimate of drug-likeness (QED) is 0.441. The van der Waals surface area contributed by atoms with Crippen molar-refractivity contribution in [2.45, 2.75) is 12.8 Å². The van der Waals surface area contributed by atoms with E-state index in [9.17, 15) is 0 Å². The van der Waals surface area contributed by atoms with Crippen molar-refractivity contribution in [3.63, 3.8) is 0 Å². The molecule has 1 aromatic carbocycles. The monoisotopic (exact) mass is 402 g/mol. The minimum atomic E-state index is 0. The summed E-state index contributed by atoms with van der Waals surface area (Å²) in [6.45, 7) is 3.72. The second kappa shape index (κ2) is 12.4. The van der Waals surface area contributed by atoms with Gasteiger partial charge in [-0.1, -0.05) is 6.07 Å². The Bertz CT molecular complexity index is 361. The van der Waals surface area contributed by atoms with Gasteiger partial charge in [0.15, 0.2) is 0 Å². The van der Waals surface area contributed by atoms with Crippen molar-refractivity contribution >= 4 is 0 Å². The van der Waals surface area contributed by atoms with Crippen LogP contribution in [0.15, 0.2) is 66.8 Å². The third kappa shape index (κ3) is 10.1. The predicted molar refractivity (Wildman–Crippen MR) is 75.2 cm³/mol. The van der Waals surface area contributed by atoms with Gasteiger partial charge in [0.2, 0.25) is 0 Å². The van der Waals surface area contributed by atoms with Gasteiger partial charge in [0.25, 0.3) is 0 Å². The van der Waals surface area contributed by atoms with E-state index in [-0.39, 0.29) is 27.3 Å². The molecule has 2 aliphatic carbocycles. The Hall–Kier alpha value is -1.08. The molecule has 94 valence electrons. The van der Waals surface area contributed by atoms with Gasteiger partial charge in [-0.3, -0.25) is 12.2 Å². The van der Waals surface area contributed by atoms with E-state index in [2.05, 4.69) is 31.2 Å². The number of hydrogen-bond acceptors (Lipinski definition) is 0. The number of allylic oxidation sites excluding steroid dienone is 8. The van der Waals surface area contributed by atoms with Gasteiger partial charge in [-0.05, 0) is 0 Å². The van der Waals surface area contributed by atoms with Gasteiger partial charge in [0, 0.05) is 25.8 Å². The van der Waals surface area contributed by atoms with Crippen molar-refractivity contribution in [3.05, 3.63) is 91.4 Å². The number of hydrogen-bond donors (Lipinski definition) is 0. The first-order chi connectivity index (χ1) is 8.39. The van der Waals surface area contributed by atoms with Gasteiger partial charge in [-0.15, -0.1) is 25.0 Å². The fraction of sp³-hybridized carbons (Fsp3) is 0.118. The molecule has 18 heavy (non-hydrogen) atoms. The van der Waals surface area contributed by atoms with Gasteiger partial charge in [0.1, 0.15) is 0 Å². The summed E-state index contributed by atoms with van der Waals surface area (Å²) >= 11 is 0. The molecule has 3 rings (SSSR count). The molecular formula is C17H18Hf-4. The van der Waals surface area contributed by atoms with Crippen molar-refractivity contribution in [1.82, 2.24) is 0 Å². The molecule has 0 spiro atoms. The summed E-state index contributed by atoms with van der Waals surface area (Å²) in [6.07, 6.45) is 20.0. The molecule has 0 radical (unpaired) electrons. The molecule has 0 atom stereocenters. The standard InChI is InChI=1S/C7H7.2C5H5.Hf.H/c1-7-5-3-2-4-6-7;2*1-2-4-5-3-1;;/h2-6H,1H2;2*1-3H,4H2;;/q3*-1;;-1. The normalized spacial score (nSPS) is 13.1. The molecule has 0 N–H and O–H groups in total. The van der Waals surface area contributed by atoms with Crippen LogP contribution in [0.1, 0.15) is 19.8 Å². The Morgan fingerprint density at radius 1 is 0.889 bits per heavy atom. The summed E-state index contributed by atoms with van der Waals surface area (Å²) in [5.41, 5.74) is 1.07. The fourth-order valence-corrected chi connectivity index (χ4v) is 1.16. The van der Waals surface area contributed by atoms with Crippen LogP contribution in [0.5, 0.6) is 0 Å². The van der Waals surface area contributed by atoms with Gasteiger partial charge in [-0.25, -0.2) is 24.3 Å². The molecule has 0 saturated heterocycles. The van der Waals surface area contributed by atoms with Crippen molar-refractivity contribution in [3.8, 4) is 0 Å². The molecule has 0 bridgehead atoms. The molecule has 0 unspecified atom stereocenters. The van der Waals surface area contributed by atoms with E-state index in [1.165, 1.54) is 0 Å². The molecule has 1 heteroatoms. The predicted octanol–water partition coefficient (Wildman–Crippen LogP) is 4.59. The van der Waals surface area contributed by atoms with Crippen LogP contribution in [0.3, 0.4) is 0 Å². The van der Waals surface area contributed by atoms with E-state index in [1.54, 1.807) is 0 Å². The summed E-state index contributed by atoms with van der Waals surface area (Å²) in [5.74, 6) is 0. The topological polar surface area (TPSA) is 0 Å². The Labute approximate surface area is 131 Å². The minimum absolute atomic E-state index is 0. The Morgan fingerprint density at radius 2 is 1.39 bits per heavy atom. The van der Waals surface area contributed by atoms with Gasteiger partial charge in [-0.2, -0.15) is 36.8 Å². The summed E-state index contributed by atoms with van der Waals surface area (Å²) in [4.78, 5) is 0. The van der Waals surface area contributed by atoms with Crippen molar-refractivity contribution < 1.29 is 27.3 Å². The zero-order valence-corrected chi connectivity index (χ0v) is 14.1. The fourth-order valence-electron chi connectivity index (χ4n) is 1.16. The Kier molecular flexibility index (Phi) is 11.6. The Balaban J connectivity index is 0. The number of rotatable bonds is 0. The third-order valence-corrected chi connectivity index (χ3v) is 2.01. The SMILES string of the molecule is [C-]1=CC=CC1.[C-]1=CC=CC1.[CH2-]c1ccccc1.[H-].[Hf]. The maximum Gasteiger partial charge on any atom is 0 e. The molecule has 0 amide bonds. The van der Waals surface area contributed by atoms with Crippen LogP contribution >= 0.6 is 0 Å². The van der Waals surface area contributed by atoms with E-state index >= 15 is 0 Å². The Morgan fingerprint density at radius 3 is 1.56 bits per heavy atom. The first-order valence-electron chi connectivity index (χ1n) is 5.70. The van der Waals surface area contributed by atoms with Crippen LogP contribution in [0, 0.1) is 19.1 Å².